The number of hydrogen-bond acceptors (Lipinski definition) is 2. The number of methoxy groups -OCH3 is 1. The molecule has 0 heterocycles. The zero-order valence-corrected chi connectivity index (χ0v) is 10.1. The lowest BCUT2D eigenvalue weighted by Crippen LogP contribution is -2.27. The van der Waals surface area contributed by atoms with Crippen LogP contribution in [-0.4, -0.2) is 13.1 Å². The van der Waals surface area contributed by atoms with Crippen LogP contribution in [0, 0.1) is 11.2 Å². The molecule has 0 saturated heterocycles. The van der Waals surface area contributed by atoms with Gasteiger partial charge in [0.15, 0.2) is 0 Å². The Labute approximate surface area is 95.4 Å². The van der Waals surface area contributed by atoms with Crippen molar-refractivity contribution in [3.8, 4) is 0 Å². The largest absolute Gasteiger partial charge is 0.469 e. The number of ether oxygens (including phenoxy) is 1. The minimum Gasteiger partial charge on any atom is -0.469 e. The van der Waals surface area contributed by atoms with E-state index in [9.17, 15) is 9.18 Å². The van der Waals surface area contributed by atoms with Crippen LogP contribution >= 0.6 is 0 Å². The van der Waals surface area contributed by atoms with Gasteiger partial charge in [-0.25, -0.2) is 4.39 Å². The molecule has 0 aromatic heterocycles. The van der Waals surface area contributed by atoms with E-state index in [4.69, 9.17) is 4.74 Å². The third-order valence-electron chi connectivity index (χ3n) is 2.51. The number of rotatable bonds is 2. The molecule has 2 nitrogen and oxygen atoms in total. The highest BCUT2D eigenvalue weighted by molar-refractivity contribution is 5.79. The molecular formula is C13H17FO2. The van der Waals surface area contributed by atoms with Crippen LogP contribution in [0.15, 0.2) is 24.3 Å². The van der Waals surface area contributed by atoms with Gasteiger partial charge in [-0.2, -0.15) is 0 Å². The molecule has 0 N–H and O–H groups in total. The number of esters is 1. The molecule has 0 aliphatic heterocycles. The molecule has 0 amide bonds. The van der Waals surface area contributed by atoms with Crippen molar-refractivity contribution in [3.05, 3.63) is 35.6 Å². The Hall–Kier alpha value is -1.38. The lowest BCUT2D eigenvalue weighted by molar-refractivity contribution is -0.145. The maximum atomic E-state index is 12.8. The van der Waals surface area contributed by atoms with Gasteiger partial charge in [0.1, 0.15) is 5.82 Å². The lowest BCUT2D eigenvalue weighted by Gasteiger charge is -2.28. The molecule has 0 saturated carbocycles. The minimum absolute atomic E-state index is 0.259. The Balaban J connectivity index is 3.11. The number of carbonyl (C=O) groups is 1. The van der Waals surface area contributed by atoms with Crippen molar-refractivity contribution in [3.63, 3.8) is 0 Å². The fourth-order valence-corrected chi connectivity index (χ4v) is 1.76. The Bertz CT molecular complexity index is 363. The van der Waals surface area contributed by atoms with Gasteiger partial charge in [0.2, 0.25) is 0 Å². The summed E-state index contributed by atoms with van der Waals surface area (Å²) in [5, 5.41) is 0. The zero-order chi connectivity index (χ0) is 12.3. The number of carbonyl (C=O) groups excluding carboxylic acids is 1. The molecule has 1 rings (SSSR count). The van der Waals surface area contributed by atoms with Crippen LogP contribution in [0.3, 0.4) is 0 Å². The van der Waals surface area contributed by atoms with Crippen LogP contribution in [0.4, 0.5) is 4.39 Å². The Morgan fingerprint density at radius 2 is 1.75 bits per heavy atom. The summed E-state index contributed by atoms with van der Waals surface area (Å²) in [5.74, 6) is -0.974. The van der Waals surface area contributed by atoms with Gasteiger partial charge in [-0.05, 0) is 23.1 Å². The molecule has 0 aliphatic rings. The molecule has 0 aliphatic carbocycles. The average Bonchev–Trinajstić information content (AvgIpc) is 2.19. The first-order valence-corrected chi connectivity index (χ1v) is 5.19. The van der Waals surface area contributed by atoms with E-state index < -0.39 is 0 Å². The van der Waals surface area contributed by atoms with Gasteiger partial charge >= 0.3 is 5.97 Å². The topological polar surface area (TPSA) is 26.3 Å². The molecule has 1 aromatic rings. The molecule has 0 radical (unpaired) electrons. The second-order valence-electron chi connectivity index (χ2n) is 4.87. The lowest BCUT2D eigenvalue weighted by atomic mass is 9.76. The zero-order valence-electron chi connectivity index (χ0n) is 10.1. The summed E-state index contributed by atoms with van der Waals surface area (Å²) in [6, 6.07) is 5.97. The van der Waals surface area contributed by atoms with Crippen LogP contribution < -0.4 is 0 Å². The molecule has 0 fully saturated rings. The van der Waals surface area contributed by atoms with Crippen molar-refractivity contribution < 1.29 is 13.9 Å². The van der Waals surface area contributed by atoms with Crippen molar-refractivity contribution in [2.45, 2.75) is 26.7 Å². The highest BCUT2D eigenvalue weighted by Gasteiger charge is 2.33. The van der Waals surface area contributed by atoms with Gasteiger partial charge in [-0.3, -0.25) is 4.79 Å². The summed E-state index contributed by atoms with van der Waals surface area (Å²) < 4.78 is 17.6. The Morgan fingerprint density at radius 3 is 2.12 bits per heavy atom. The fraction of sp³-hybridized carbons (Fsp3) is 0.462. The minimum atomic E-state index is -0.377. The Kier molecular flexibility index (Phi) is 3.68. The van der Waals surface area contributed by atoms with E-state index in [0.29, 0.717) is 0 Å². The van der Waals surface area contributed by atoms with Gasteiger partial charge in [0, 0.05) is 0 Å². The summed E-state index contributed by atoms with van der Waals surface area (Å²) in [6.45, 7) is 5.87. The summed E-state index contributed by atoms with van der Waals surface area (Å²) in [7, 11) is 1.37. The van der Waals surface area contributed by atoms with Gasteiger partial charge < -0.3 is 4.74 Å². The molecule has 88 valence electrons. The van der Waals surface area contributed by atoms with E-state index in [1.807, 2.05) is 20.8 Å². The van der Waals surface area contributed by atoms with Gasteiger partial charge in [-0.1, -0.05) is 32.9 Å². The van der Waals surface area contributed by atoms with E-state index in [2.05, 4.69) is 0 Å². The predicted octanol–water partition coefficient (Wildman–Crippen LogP) is 3.13. The van der Waals surface area contributed by atoms with E-state index in [1.54, 1.807) is 12.1 Å². The summed E-state index contributed by atoms with van der Waals surface area (Å²) in [5.41, 5.74) is 0.519. The maximum Gasteiger partial charge on any atom is 0.313 e. The Morgan fingerprint density at radius 1 is 1.25 bits per heavy atom. The van der Waals surface area contributed by atoms with Crippen LogP contribution in [0.1, 0.15) is 32.3 Å². The van der Waals surface area contributed by atoms with Crippen LogP contribution in [0.25, 0.3) is 0 Å². The van der Waals surface area contributed by atoms with Crippen LogP contribution in [0.5, 0.6) is 0 Å². The molecule has 1 atom stereocenters. The summed E-state index contributed by atoms with van der Waals surface area (Å²) in [6.07, 6.45) is 0. The van der Waals surface area contributed by atoms with Crippen molar-refractivity contribution in [2.24, 2.45) is 5.41 Å². The smallest absolute Gasteiger partial charge is 0.313 e. The van der Waals surface area contributed by atoms with Crippen molar-refractivity contribution in [1.82, 2.24) is 0 Å². The quantitative estimate of drug-likeness (QED) is 0.721. The second-order valence-corrected chi connectivity index (χ2v) is 4.87. The third-order valence-corrected chi connectivity index (χ3v) is 2.51. The normalized spacial score (nSPS) is 13.3. The predicted molar refractivity (Wildman–Crippen MR) is 60.6 cm³/mol. The van der Waals surface area contributed by atoms with Gasteiger partial charge in [-0.15, -0.1) is 0 Å². The van der Waals surface area contributed by atoms with Gasteiger partial charge in [0.05, 0.1) is 13.0 Å². The highest BCUT2D eigenvalue weighted by Crippen LogP contribution is 2.35. The first-order chi connectivity index (χ1) is 7.36. The number of hydrogen-bond donors (Lipinski definition) is 0. The molecule has 0 bridgehead atoms. The first kappa shape index (κ1) is 12.7. The summed E-state index contributed by atoms with van der Waals surface area (Å²) in [4.78, 5) is 11.7. The molecule has 3 heteroatoms. The SMILES string of the molecule is COC(=O)C(c1ccc(F)cc1)C(C)(C)C. The number of benzene rings is 1. The van der Waals surface area contributed by atoms with Crippen LogP contribution in [0.2, 0.25) is 0 Å². The monoisotopic (exact) mass is 224 g/mol. The molecule has 16 heavy (non-hydrogen) atoms. The molecule has 1 aromatic carbocycles. The van der Waals surface area contributed by atoms with E-state index >= 15 is 0 Å². The van der Waals surface area contributed by atoms with E-state index in [-0.39, 0.29) is 23.1 Å². The summed E-state index contributed by atoms with van der Waals surface area (Å²) >= 11 is 0. The molecule has 1 unspecified atom stereocenters. The van der Waals surface area contributed by atoms with E-state index in [0.717, 1.165) is 5.56 Å². The highest BCUT2D eigenvalue weighted by atomic mass is 19.1. The number of halogens is 1. The maximum absolute atomic E-state index is 12.8. The second kappa shape index (κ2) is 4.64. The molecular weight excluding hydrogens is 207 g/mol. The van der Waals surface area contributed by atoms with Gasteiger partial charge in [0.25, 0.3) is 0 Å². The third kappa shape index (κ3) is 2.81. The van der Waals surface area contributed by atoms with Crippen LogP contribution in [-0.2, 0) is 9.53 Å². The van der Waals surface area contributed by atoms with Crippen molar-refractivity contribution in [1.29, 1.82) is 0 Å². The molecule has 0 spiro atoms. The van der Waals surface area contributed by atoms with E-state index in [1.165, 1.54) is 19.2 Å². The fourth-order valence-electron chi connectivity index (χ4n) is 1.76. The first-order valence-electron chi connectivity index (χ1n) is 5.19. The average molecular weight is 224 g/mol. The standard InChI is InChI=1S/C13H17FO2/c1-13(2,3)11(12(15)16-4)9-5-7-10(14)8-6-9/h5-8,11H,1-4H3. The van der Waals surface area contributed by atoms with Crippen molar-refractivity contribution in [2.75, 3.05) is 7.11 Å². The van der Waals surface area contributed by atoms with Crippen molar-refractivity contribution >= 4 is 5.97 Å².